The molecule has 26 heavy (non-hydrogen) atoms. The molecular weight excluding hydrogens is 330 g/mol. The Labute approximate surface area is 155 Å². The summed E-state index contributed by atoms with van der Waals surface area (Å²) in [5, 5.41) is 9.73. The number of likely N-dealkylation sites (tertiary alicyclic amines) is 1. The zero-order valence-corrected chi connectivity index (χ0v) is 15.8. The Morgan fingerprint density at radius 1 is 1.19 bits per heavy atom. The van der Waals surface area contributed by atoms with Gasteiger partial charge in [0.2, 0.25) is 11.8 Å². The van der Waals surface area contributed by atoms with Crippen LogP contribution in [0, 0.1) is 13.8 Å². The van der Waals surface area contributed by atoms with Crippen molar-refractivity contribution in [2.75, 3.05) is 39.3 Å². The van der Waals surface area contributed by atoms with Crippen LogP contribution in [0.5, 0.6) is 0 Å². The van der Waals surface area contributed by atoms with E-state index >= 15 is 0 Å². The Kier molecular flexibility index (Phi) is 5.94. The molecule has 1 atom stereocenters. The summed E-state index contributed by atoms with van der Waals surface area (Å²) < 4.78 is 0. The molecule has 0 aromatic heterocycles. The molecule has 0 aliphatic carbocycles. The molecule has 0 radical (unpaired) electrons. The number of benzene rings is 1. The highest BCUT2D eigenvalue weighted by Crippen LogP contribution is 2.15. The molecule has 1 aromatic carbocycles. The summed E-state index contributed by atoms with van der Waals surface area (Å²) in [6.45, 7) is 7.73. The lowest BCUT2D eigenvalue weighted by atomic mass is 10.1. The topological polar surface area (TPSA) is 64.1 Å². The number of piperidine rings is 1. The molecular formula is C20H29N3O3. The summed E-state index contributed by atoms with van der Waals surface area (Å²) >= 11 is 0. The van der Waals surface area contributed by atoms with Crippen molar-refractivity contribution in [1.82, 2.24) is 14.7 Å². The van der Waals surface area contributed by atoms with Crippen molar-refractivity contribution in [1.29, 1.82) is 0 Å². The van der Waals surface area contributed by atoms with Gasteiger partial charge < -0.3 is 14.9 Å². The van der Waals surface area contributed by atoms with Crippen molar-refractivity contribution in [3.05, 3.63) is 34.9 Å². The predicted octanol–water partition coefficient (Wildman–Crippen LogP) is 0.931. The van der Waals surface area contributed by atoms with Gasteiger partial charge in [-0.05, 0) is 49.9 Å². The third-order valence-electron chi connectivity index (χ3n) is 5.46. The molecule has 0 unspecified atom stereocenters. The van der Waals surface area contributed by atoms with Crippen molar-refractivity contribution in [2.24, 2.45) is 0 Å². The van der Waals surface area contributed by atoms with E-state index < -0.39 is 0 Å². The number of nitrogens with zero attached hydrogens (tertiary/aromatic N) is 3. The summed E-state index contributed by atoms with van der Waals surface area (Å²) in [7, 11) is 0. The van der Waals surface area contributed by atoms with Crippen LogP contribution < -0.4 is 0 Å². The minimum atomic E-state index is -0.340. The van der Waals surface area contributed by atoms with Crippen molar-refractivity contribution in [3.8, 4) is 0 Å². The summed E-state index contributed by atoms with van der Waals surface area (Å²) in [6.07, 6.45) is 1.38. The number of piperazine rings is 1. The maximum atomic E-state index is 12.5. The highest BCUT2D eigenvalue weighted by Gasteiger charge is 2.29. The van der Waals surface area contributed by atoms with Crippen LogP contribution in [-0.4, -0.2) is 77.0 Å². The molecule has 0 bridgehead atoms. The van der Waals surface area contributed by atoms with Gasteiger partial charge in [-0.1, -0.05) is 18.2 Å². The second-order valence-corrected chi connectivity index (χ2v) is 7.58. The summed E-state index contributed by atoms with van der Waals surface area (Å²) in [4.78, 5) is 30.5. The highest BCUT2D eigenvalue weighted by atomic mass is 16.3. The van der Waals surface area contributed by atoms with E-state index in [9.17, 15) is 14.7 Å². The lowest BCUT2D eigenvalue weighted by molar-refractivity contribution is -0.146. The van der Waals surface area contributed by atoms with E-state index in [1.54, 1.807) is 4.90 Å². The van der Waals surface area contributed by atoms with Gasteiger partial charge in [-0.15, -0.1) is 0 Å². The van der Waals surface area contributed by atoms with Crippen molar-refractivity contribution in [3.63, 3.8) is 0 Å². The molecule has 2 aliphatic rings. The number of aryl methyl sites for hydroxylation is 2. The number of aliphatic hydroxyl groups is 1. The van der Waals surface area contributed by atoms with Gasteiger partial charge in [0.25, 0.3) is 0 Å². The molecule has 2 saturated heterocycles. The van der Waals surface area contributed by atoms with E-state index in [0.717, 1.165) is 24.9 Å². The zero-order valence-electron chi connectivity index (χ0n) is 15.8. The monoisotopic (exact) mass is 359 g/mol. The molecule has 6 heteroatoms. The minimum Gasteiger partial charge on any atom is -0.392 e. The van der Waals surface area contributed by atoms with E-state index in [2.05, 4.69) is 32.0 Å². The van der Waals surface area contributed by atoms with Crippen LogP contribution in [0.25, 0.3) is 0 Å². The van der Waals surface area contributed by atoms with E-state index in [0.29, 0.717) is 32.7 Å². The van der Waals surface area contributed by atoms with E-state index in [-0.39, 0.29) is 24.5 Å². The number of aliphatic hydroxyl groups excluding tert-OH is 1. The Hall–Kier alpha value is -1.92. The highest BCUT2D eigenvalue weighted by molar-refractivity contribution is 5.86. The van der Waals surface area contributed by atoms with Crippen molar-refractivity contribution >= 4 is 11.8 Å². The van der Waals surface area contributed by atoms with Crippen LogP contribution in [0.4, 0.5) is 0 Å². The Bertz CT molecular complexity index is 676. The van der Waals surface area contributed by atoms with Gasteiger partial charge in [-0.2, -0.15) is 0 Å². The normalized spacial score (nSPS) is 22.0. The first-order chi connectivity index (χ1) is 12.4. The Balaban J connectivity index is 1.52. The fourth-order valence-electron chi connectivity index (χ4n) is 3.68. The van der Waals surface area contributed by atoms with E-state index in [1.165, 1.54) is 11.1 Å². The molecule has 142 valence electrons. The molecule has 1 aromatic rings. The van der Waals surface area contributed by atoms with Crippen LogP contribution >= 0.6 is 0 Å². The zero-order chi connectivity index (χ0) is 18.7. The fourth-order valence-corrected chi connectivity index (χ4v) is 3.68. The summed E-state index contributed by atoms with van der Waals surface area (Å²) in [5.74, 6) is -0.0141. The molecule has 2 heterocycles. The predicted molar refractivity (Wildman–Crippen MR) is 99.6 cm³/mol. The molecule has 2 aliphatic heterocycles. The third-order valence-corrected chi connectivity index (χ3v) is 5.46. The maximum absolute atomic E-state index is 12.5. The van der Waals surface area contributed by atoms with Crippen LogP contribution in [-0.2, 0) is 16.1 Å². The molecule has 0 spiro atoms. The van der Waals surface area contributed by atoms with Crippen LogP contribution in [0.3, 0.4) is 0 Å². The van der Waals surface area contributed by atoms with Crippen LogP contribution in [0.2, 0.25) is 0 Å². The Morgan fingerprint density at radius 3 is 2.69 bits per heavy atom. The quantitative estimate of drug-likeness (QED) is 0.869. The van der Waals surface area contributed by atoms with E-state index in [1.807, 2.05) is 9.80 Å². The smallest absolute Gasteiger partial charge is 0.242 e. The summed E-state index contributed by atoms with van der Waals surface area (Å²) in [5.41, 5.74) is 3.61. The fraction of sp³-hybridized carbons (Fsp3) is 0.600. The van der Waals surface area contributed by atoms with E-state index in [4.69, 9.17) is 0 Å². The standard InChI is InChI=1S/C20H29N3O3/c1-15-5-6-17(10-16(15)2)11-22-8-9-23(14-20(22)26)19(25)13-21-7-3-4-18(24)12-21/h5-6,10,18,24H,3-4,7-9,11-14H2,1-2H3/t18-/m0/s1. The lowest BCUT2D eigenvalue weighted by Gasteiger charge is -2.36. The van der Waals surface area contributed by atoms with Gasteiger partial charge in [0.1, 0.15) is 0 Å². The van der Waals surface area contributed by atoms with Crippen LogP contribution in [0.1, 0.15) is 29.5 Å². The second-order valence-electron chi connectivity index (χ2n) is 7.58. The number of carbonyl (C=O) groups excluding carboxylic acids is 2. The SMILES string of the molecule is Cc1ccc(CN2CCN(C(=O)CN3CCC[C@H](O)C3)CC2=O)cc1C. The molecule has 6 nitrogen and oxygen atoms in total. The molecule has 2 fully saturated rings. The summed E-state index contributed by atoms with van der Waals surface area (Å²) in [6, 6.07) is 6.28. The first-order valence-electron chi connectivity index (χ1n) is 9.44. The average molecular weight is 359 g/mol. The molecule has 1 N–H and O–H groups in total. The number of β-amino-alcohol motifs (C(OH)–C–C–N with tert-alkyl or cyclic N) is 1. The molecule has 0 saturated carbocycles. The average Bonchev–Trinajstić information content (AvgIpc) is 2.60. The number of amides is 2. The second kappa shape index (κ2) is 8.18. The maximum Gasteiger partial charge on any atom is 0.242 e. The van der Waals surface area contributed by atoms with Gasteiger partial charge in [0.15, 0.2) is 0 Å². The Morgan fingerprint density at radius 2 is 2.00 bits per heavy atom. The van der Waals surface area contributed by atoms with Gasteiger partial charge in [-0.3, -0.25) is 14.5 Å². The lowest BCUT2D eigenvalue weighted by Crippen LogP contribution is -2.54. The third kappa shape index (κ3) is 4.62. The van der Waals surface area contributed by atoms with Gasteiger partial charge in [0, 0.05) is 26.2 Å². The van der Waals surface area contributed by atoms with Crippen molar-refractivity contribution in [2.45, 2.75) is 39.3 Å². The van der Waals surface area contributed by atoms with Gasteiger partial charge >= 0.3 is 0 Å². The van der Waals surface area contributed by atoms with Crippen LogP contribution in [0.15, 0.2) is 18.2 Å². The van der Waals surface area contributed by atoms with Gasteiger partial charge in [0.05, 0.1) is 19.2 Å². The first kappa shape index (κ1) is 18.9. The molecule has 3 rings (SSSR count). The number of hydrogen-bond acceptors (Lipinski definition) is 4. The largest absolute Gasteiger partial charge is 0.392 e. The van der Waals surface area contributed by atoms with Crippen molar-refractivity contribution < 1.29 is 14.7 Å². The minimum absolute atomic E-state index is 0.00140. The molecule has 2 amide bonds. The first-order valence-corrected chi connectivity index (χ1v) is 9.44. The van der Waals surface area contributed by atoms with Gasteiger partial charge in [-0.25, -0.2) is 0 Å². The number of carbonyl (C=O) groups is 2. The number of rotatable bonds is 4. The number of hydrogen-bond donors (Lipinski definition) is 1.